The van der Waals surface area contributed by atoms with Crippen molar-refractivity contribution in [1.29, 1.82) is 0 Å². The average Bonchev–Trinajstić information content (AvgIpc) is 3.33. The second-order valence-electron chi connectivity index (χ2n) is 5.97. The molecule has 2 aromatic rings. The molecule has 0 atom stereocenters. The summed E-state index contributed by atoms with van der Waals surface area (Å²) in [6.45, 7) is 0.618. The molecule has 1 aliphatic rings. The van der Waals surface area contributed by atoms with Gasteiger partial charge >= 0.3 is 0 Å². The summed E-state index contributed by atoms with van der Waals surface area (Å²) in [5.74, 6) is 0.0332. The third-order valence-electron chi connectivity index (χ3n) is 4.21. The van der Waals surface area contributed by atoms with Crippen LogP contribution in [0.3, 0.4) is 0 Å². The Kier molecular flexibility index (Phi) is 6.21. The number of phenols is 1. The van der Waals surface area contributed by atoms with Crippen LogP contribution in [0.2, 0.25) is 0 Å². The van der Waals surface area contributed by atoms with Crippen molar-refractivity contribution >= 4 is 50.8 Å². The number of benzene rings is 1. The molecule has 3 rings (SSSR count). The molecule has 0 spiro atoms. The molecule has 1 amide bonds. The Hall–Kier alpha value is -2.17. The summed E-state index contributed by atoms with van der Waals surface area (Å²) in [5.41, 5.74) is 0.679. The lowest BCUT2D eigenvalue weighted by Gasteiger charge is -2.17. The molecule has 0 bridgehead atoms. The zero-order chi connectivity index (χ0) is 20.3. The minimum Gasteiger partial charge on any atom is -0.504 e. The van der Waals surface area contributed by atoms with E-state index in [0.29, 0.717) is 29.1 Å². The van der Waals surface area contributed by atoms with Crippen LogP contribution in [0.4, 0.5) is 5.69 Å². The summed E-state index contributed by atoms with van der Waals surface area (Å²) in [5, 5.41) is 12.3. The molecule has 7 nitrogen and oxygen atoms in total. The van der Waals surface area contributed by atoms with E-state index in [1.54, 1.807) is 34.9 Å². The van der Waals surface area contributed by atoms with E-state index in [-0.39, 0.29) is 21.6 Å². The van der Waals surface area contributed by atoms with E-state index in [1.807, 2.05) is 0 Å². The Morgan fingerprint density at radius 1 is 1.43 bits per heavy atom. The van der Waals surface area contributed by atoms with E-state index in [2.05, 4.69) is 4.72 Å². The Morgan fingerprint density at radius 2 is 2.21 bits per heavy atom. The number of ether oxygens (including phenoxy) is 1. The van der Waals surface area contributed by atoms with Crippen LogP contribution in [0.1, 0.15) is 18.4 Å². The predicted molar refractivity (Wildman–Crippen MR) is 112 cm³/mol. The van der Waals surface area contributed by atoms with Crippen LogP contribution in [-0.2, 0) is 14.8 Å². The number of hydrogen-bond donors (Lipinski definition) is 2. The predicted octanol–water partition coefficient (Wildman–Crippen LogP) is 3.58. The van der Waals surface area contributed by atoms with E-state index in [1.165, 1.54) is 31.0 Å². The molecule has 2 heterocycles. The fraction of sp³-hybridized carbons (Fsp3) is 0.278. The molecule has 1 aliphatic heterocycles. The largest absolute Gasteiger partial charge is 0.504 e. The van der Waals surface area contributed by atoms with Crippen molar-refractivity contribution in [3.8, 4) is 11.5 Å². The number of nitrogens with zero attached hydrogens (tertiary/aromatic N) is 1. The Labute approximate surface area is 172 Å². The van der Waals surface area contributed by atoms with Crippen LogP contribution < -0.4 is 9.46 Å². The summed E-state index contributed by atoms with van der Waals surface area (Å²) in [7, 11) is -2.38. The Bertz CT molecular complexity index is 1000. The van der Waals surface area contributed by atoms with Crippen molar-refractivity contribution in [2.24, 2.45) is 0 Å². The van der Waals surface area contributed by atoms with E-state index in [0.717, 1.165) is 17.8 Å². The minimum absolute atomic E-state index is 0.0166. The summed E-state index contributed by atoms with van der Waals surface area (Å²) in [6.07, 6.45) is 6.28. The van der Waals surface area contributed by atoms with Crippen molar-refractivity contribution in [3.63, 3.8) is 0 Å². The molecule has 0 unspecified atom stereocenters. The van der Waals surface area contributed by atoms with E-state index in [9.17, 15) is 18.3 Å². The van der Waals surface area contributed by atoms with Gasteiger partial charge in [-0.1, -0.05) is 6.07 Å². The SMILES string of the molecule is COc1cc(NS(=O)(=O)c2cccs2)c(SC)c(C=CN2CCCC2=O)c1O. The van der Waals surface area contributed by atoms with E-state index < -0.39 is 10.0 Å². The molecule has 1 saturated heterocycles. The number of carbonyl (C=O) groups is 1. The van der Waals surface area contributed by atoms with Gasteiger partial charge in [-0.2, -0.15) is 0 Å². The molecule has 0 radical (unpaired) electrons. The highest BCUT2D eigenvalue weighted by Crippen LogP contribution is 2.43. The number of nitrogens with one attached hydrogen (secondary N) is 1. The fourth-order valence-electron chi connectivity index (χ4n) is 2.86. The second kappa shape index (κ2) is 8.46. The first-order chi connectivity index (χ1) is 13.4. The third kappa shape index (κ3) is 4.13. The molecule has 0 saturated carbocycles. The first kappa shape index (κ1) is 20.6. The number of carbonyl (C=O) groups excluding carboxylic acids is 1. The summed E-state index contributed by atoms with van der Waals surface area (Å²) in [4.78, 5) is 13.9. The van der Waals surface area contributed by atoms with Crippen LogP contribution in [0, 0.1) is 0 Å². The maximum absolute atomic E-state index is 12.7. The van der Waals surface area contributed by atoms with Crippen LogP contribution in [-0.4, -0.2) is 44.2 Å². The highest BCUT2D eigenvalue weighted by molar-refractivity contribution is 7.99. The van der Waals surface area contributed by atoms with Crippen molar-refractivity contribution in [1.82, 2.24) is 4.90 Å². The number of anilines is 1. The molecule has 28 heavy (non-hydrogen) atoms. The monoisotopic (exact) mass is 440 g/mol. The minimum atomic E-state index is -3.77. The molecule has 2 N–H and O–H groups in total. The van der Waals surface area contributed by atoms with Gasteiger partial charge in [0.25, 0.3) is 10.0 Å². The maximum Gasteiger partial charge on any atom is 0.271 e. The quantitative estimate of drug-likeness (QED) is 0.505. The second-order valence-corrected chi connectivity index (χ2v) is 9.64. The number of rotatable bonds is 7. The lowest BCUT2D eigenvalue weighted by Crippen LogP contribution is -2.17. The number of phenolic OH excluding ortho intramolecular Hbond substituents is 1. The zero-order valence-corrected chi connectivity index (χ0v) is 17.8. The molecule has 10 heteroatoms. The van der Waals surface area contributed by atoms with Crippen molar-refractivity contribution in [3.05, 3.63) is 35.3 Å². The Balaban J connectivity index is 2.05. The van der Waals surface area contributed by atoms with E-state index in [4.69, 9.17) is 4.74 Å². The lowest BCUT2D eigenvalue weighted by molar-refractivity contribution is -0.125. The summed E-state index contributed by atoms with van der Waals surface area (Å²) < 4.78 is 33.3. The number of thioether (sulfide) groups is 1. The number of methoxy groups -OCH3 is 1. The van der Waals surface area contributed by atoms with Crippen LogP contribution in [0.5, 0.6) is 11.5 Å². The van der Waals surface area contributed by atoms with Crippen molar-refractivity contribution in [2.75, 3.05) is 24.6 Å². The van der Waals surface area contributed by atoms with Gasteiger partial charge in [-0.05, 0) is 30.2 Å². The normalized spacial score (nSPS) is 14.8. The van der Waals surface area contributed by atoms with Crippen molar-refractivity contribution < 1.29 is 23.1 Å². The highest BCUT2D eigenvalue weighted by atomic mass is 32.2. The molecule has 1 fully saturated rings. The van der Waals surface area contributed by atoms with Crippen LogP contribution in [0.15, 0.2) is 38.9 Å². The van der Waals surface area contributed by atoms with Gasteiger partial charge in [0.2, 0.25) is 5.91 Å². The van der Waals surface area contributed by atoms with Crippen LogP contribution >= 0.6 is 23.1 Å². The number of amides is 1. The smallest absolute Gasteiger partial charge is 0.271 e. The first-order valence-corrected chi connectivity index (χ1v) is 12.0. The number of thiophene rings is 1. The van der Waals surface area contributed by atoms with Gasteiger partial charge < -0.3 is 14.7 Å². The highest BCUT2D eigenvalue weighted by Gasteiger charge is 2.23. The molecule has 0 aliphatic carbocycles. The number of hydrogen-bond acceptors (Lipinski definition) is 7. The average molecular weight is 441 g/mol. The molecular weight excluding hydrogens is 420 g/mol. The number of aromatic hydroxyl groups is 1. The van der Waals surface area contributed by atoms with Gasteiger partial charge in [0, 0.05) is 35.7 Å². The standard InChI is InChI=1S/C18H20N2O5S3/c1-25-14-11-13(19-28(23,24)16-6-4-10-27-16)18(26-2)12(17(14)22)7-9-20-8-3-5-15(20)21/h4,6-7,9-11,19,22H,3,5,8H2,1-2H3. The molecule has 1 aromatic carbocycles. The number of likely N-dealkylation sites (tertiary alicyclic amines) is 1. The Morgan fingerprint density at radius 3 is 2.79 bits per heavy atom. The first-order valence-electron chi connectivity index (χ1n) is 8.39. The molecular formula is C18H20N2O5S3. The van der Waals surface area contributed by atoms with E-state index >= 15 is 0 Å². The van der Waals surface area contributed by atoms with Gasteiger partial charge in [0.1, 0.15) is 4.21 Å². The summed E-state index contributed by atoms with van der Waals surface area (Å²) in [6, 6.07) is 4.63. The topological polar surface area (TPSA) is 95.9 Å². The molecule has 1 aromatic heterocycles. The van der Waals surface area contributed by atoms with Gasteiger partial charge in [0.05, 0.1) is 12.8 Å². The number of sulfonamides is 1. The zero-order valence-electron chi connectivity index (χ0n) is 15.3. The van der Waals surface area contributed by atoms with Gasteiger partial charge in [-0.15, -0.1) is 23.1 Å². The third-order valence-corrected chi connectivity index (χ3v) is 7.82. The maximum atomic E-state index is 12.7. The van der Waals surface area contributed by atoms with Crippen molar-refractivity contribution in [2.45, 2.75) is 21.9 Å². The van der Waals surface area contributed by atoms with Gasteiger partial charge in [-0.25, -0.2) is 8.42 Å². The lowest BCUT2D eigenvalue weighted by atomic mass is 10.1. The van der Waals surface area contributed by atoms with Gasteiger partial charge in [-0.3, -0.25) is 9.52 Å². The van der Waals surface area contributed by atoms with Gasteiger partial charge in [0.15, 0.2) is 11.5 Å². The van der Waals surface area contributed by atoms with Crippen LogP contribution in [0.25, 0.3) is 6.08 Å². The molecule has 150 valence electrons. The fourth-order valence-corrected chi connectivity index (χ4v) is 5.69. The summed E-state index contributed by atoms with van der Waals surface area (Å²) >= 11 is 2.39.